The molecule has 3 nitrogen and oxygen atoms in total. The molecule has 1 aromatic carbocycles. The van der Waals surface area contributed by atoms with Gasteiger partial charge >= 0.3 is 0 Å². The maximum absolute atomic E-state index is 10.4. The summed E-state index contributed by atoms with van der Waals surface area (Å²) in [5.74, 6) is 0.597. The number of nitrogens with zero attached hydrogens (tertiary/aromatic N) is 1. The van der Waals surface area contributed by atoms with Gasteiger partial charge in [-0.2, -0.15) is 0 Å². The van der Waals surface area contributed by atoms with Crippen LogP contribution in [0.2, 0.25) is 10.0 Å². The number of hydrogen-bond donors (Lipinski definition) is 1. The Bertz CT molecular complexity index is 582. The molecule has 1 atom stereocenters. The summed E-state index contributed by atoms with van der Waals surface area (Å²) in [4.78, 5) is 4.07. The molecule has 0 bridgehead atoms. The van der Waals surface area contributed by atoms with Gasteiger partial charge in [0.1, 0.15) is 11.9 Å². The van der Waals surface area contributed by atoms with Gasteiger partial charge in [-0.05, 0) is 32.0 Å². The highest BCUT2D eigenvalue weighted by Gasteiger charge is 2.18. The van der Waals surface area contributed by atoms with Crippen LogP contribution in [0.1, 0.15) is 31.1 Å². The molecule has 0 spiro atoms. The summed E-state index contributed by atoms with van der Waals surface area (Å²) in [7, 11) is 0. The lowest BCUT2D eigenvalue weighted by molar-refractivity contribution is 0.215. The molecule has 0 fully saturated rings. The molecular formula is C15H15Cl2NO2. The smallest absolute Gasteiger partial charge is 0.138 e. The van der Waals surface area contributed by atoms with Crippen molar-refractivity contribution in [2.24, 2.45) is 0 Å². The number of rotatable bonds is 4. The quantitative estimate of drug-likeness (QED) is 0.917. The van der Waals surface area contributed by atoms with Crippen LogP contribution in [0.4, 0.5) is 0 Å². The van der Waals surface area contributed by atoms with Gasteiger partial charge in [0.15, 0.2) is 0 Å². The van der Waals surface area contributed by atoms with Gasteiger partial charge in [0.2, 0.25) is 0 Å². The Morgan fingerprint density at radius 1 is 1.15 bits per heavy atom. The Morgan fingerprint density at radius 2 is 1.80 bits per heavy atom. The lowest BCUT2D eigenvalue weighted by Crippen LogP contribution is -2.07. The van der Waals surface area contributed by atoms with E-state index in [2.05, 4.69) is 4.98 Å². The minimum absolute atomic E-state index is 0.0353. The van der Waals surface area contributed by atoms with Crippen molar-refractivity contribution < 1.29 is 9.84 Å². The number of aromatic nitrogens is 1. The van der Waals surface area contributed by atoms with E-state index in [0.29, 0.717) is 26.9 Å². The normalized spacial score (nSPS) is 12.5. The second-order valence-electron chi connectivity index (χ2n) is 4.66. The number of benzene rings is 1. The van der Waals surface area contributed by atoms with E-state index in [4.69, 9.17) is 27.9 Å². The Balaban J connectivity index is 2.36. The van der Waals surface area contributed by atoms with Crippen molar-refractivity contribution in [1.29, 1.82) is 0 Å². The van der Waals surface area contributed by atoms with Gasteiger partial charge < -0.3 is 9.84 Å². The first-order valence-corrected chi connectivity index (χ1v) is 6.98. The molecule has 5 heteroatoms. The molecule has 1 unspecified atom stereocenters. The van der Waals surface area contributed by atoms with Crippen molar-refractivity contribution in [2.45, 2.75) is 26.1 Å². The molecule has 2 aromatic rings. The standard InChI is InChI=1S/C15H15Cl2NO2/c1-9(2)20-11-6-10(7-18-8-11)15(19)14-12(16)4-3-5-13(14)17/h3-9,15,19H,1-2H3. The molecule has 0 saturated heterocycles. The third kappa shape index (κ3) is 3.42. The molecule has 0 saturated carbocycles. The summed E-state index contributed by atoms with van der Waals surface area (Å²) < 4.78 is 5.56. The SMILES string of the molecule is CC(C)Oc1cncc(C(O)c2c(Cl)cccc2Cl)c1. The molecule has 0 aliphatic rings. The van der Waals surface area contributed by atoms with E-state index in [1.165, 1.54) is 0 Å². The molecule has 1 aromatic heterocycles. The maximum atomic E-state index is 10.4. The zero-order valence-electron chi connectivity index (χ0n) is 11.2. The van der Waals surface area contributed by atoms with Crippen LogP contribution in [0.15, 0.2) is 36.7 Å². The summed E-state index contributed by atoms with van der Waals surface area (Å²) in [5, 5.41) is 11.3. The lowest BCUT2D eigenvalue weighted by atomic mass is 10.0. The predicted molar refractivity (Wildman–Crippen MR) is 80.5 cm³/mol. The maximum Gasteiger partial charge on any atom is 0.138 e. The van der Waals surface area contributed by atoms with Crippen molar-refractivity contribution >= 4 is 23.2 Å². The van der Waals surface area contributed by atoms with Crippen LogP contribution in [-0.2, 0) is 0 Å². The second kappa shape index (κ2) is 6.44. The van der Waals surface area contributed by atoms with Gasteiger partial charge in [-0.15, -0.1) is 0 Å². The van der Waals surface area contributed by atoms with Crippen molar-refractivity contribution in [3.05, 3.63) is 57.8 Å². The monoisotopic (exact) mass is 311 g/mol. The first kappa shape index (κ1) is 15.1. The summed E-state index contributed by atoms with van der Waals surface area (Å²) in [5.41, 5.74) is 1.05. The predicted octanol–water partition coefficient (Wildman–Crippen LogP) is 4.26. The van der Waals surface area contributed by atoms with Crippen LogP contribution < -0.4 is 4.74 Å². The summed E-state index contributed by atoms with van der Waals surface area (Å²) in [6.45, 7) is 3.85. The number of hydrogen-bond acceptors (Lipinski definition) is 3. The highest BCUT2D eigenvalue weighted by Crippen LogP contribution is 2.34. The highest BCUT2D eigenvalue weighted by molar-refractivity contribution is 6.36. The van der Waals surface area contributed by atoms with E-state index in [1.807, 2.05) is 13.8 Å². The first-order valence-electron chi connectivity index (χ1n) is 6.22. The zero-order chi connectivity index (χ0) is 14.7. The number of aliphatic hydroxyl groups excluding tert-OH is 1. The molecule has 0 amide bonds. The largest absolute Gasteiger partial charge is 0.489 e. The lowest BCUT2D eigenvalue weighted by Gasteiger charge is -2.16. The molecule has 2 rings (SSSR count). The Morgan fingerprint density at radius 3 is 2.40 bits per heavy atom. The number of aliphatic hydroxyl groups is 1. The topological polar surface area (TPSA) is 42.4 Å². The summed E-state index contributed by atoms with van der Waals surface area (Å²) in [6.07, 6.45) is 2.26. The van der Waals surface area contributed by atoms with Crippen molar-refractivity contribution in [3.8, 4) is 5.75 Å². The number of ether oxygens (including phenoxy) is 1. The molecule has 0 aliphatic heterocycles. The molecule has 1 heterocycles. The van der Waals surface area contributed by atoms with Crippen LogP contribution in [0.5, 0.6) is 5.75 Å². The fraction of sp³-hybridized carbons (Fsp3) is 0.267. The Hall–Kier alpha value is -1.29. The first-order chi connectivity index (χ1) is 9.49. The minimum Gasteiger partial charge on any atom is -0.489 e. The van der Waals surface area contributed by atoms with E-state index in [-0.39, 0.29) is 6.10 Å². The van der Waals surface area contributed by atoms with Crippen molar-refractivity contribution in [2.75, 3.05) is 0 Å². The fourth-order valence-electron chi connectivity index (χ4n) is 1.86. The summed E-state index contributed by atoms with van der Waals surface area (Å²) in [6, 6.07) is 6.84. The van der Waals surface area contributed by atoms with Crippen molar-refractivity contribution in [1.82, 2.24) is 4.98 Å². The zero-order valence-corrected chi connectivity index (χ0v) is 12.7. The van der Waals surface area contributed by atoms with Gasteiger partial charge in [-0.25, -0.2) is 0 Å². The molecule has 1 N–H and O–H groups in total. The van der Waals surface area contributed by atoms with E-state index >= 15 is 0 Å². The number of pyridine rings is 1. The van der Waals surface area contributed by atoms with E-state index in [1.54, 1.807) is 36.7 Å². The van der Waals surface area contributed by atoms with E-state index in [9.17, 15) is 5.11 Å². The van der Waals surface area contributed by atoms with Crippen LogP contribution in [0.25, 0.3) is 0 Å². The third-order valence-corrected chi connectivity index (χ3v) is 3.35. The van der Waals surface area contributed by atoms with Crippen LogP contribution in [0.3, 0.4) is 0 Å². The molecule has 0 radical (unpaired) electrons. The van der Waals surface area contributed by atoms with Gasteiger partial charge in [-0.1, -0.05) is 29.3 Å². The van der Waals surface area contributed by atoms with Gasteiger partial charge in [-0.3, -0.25) is 4.98 Å². The van der Waals surface area contributed by atoms with Crippen LogP contribution in [0, 0.1) is 0 Å². The van der Waals surface area contributed by atoms with Gasteiger partial charge in [0, 0.05) is 27.4 Å². The van der Waals surface area contributed by atoms with E-state index < -0.39 is 6.10 Å². The minimum atomic E-state index is -0.945. The van der Waals surface area contributed by atoms with E-state index in [0.717, 1.165) is 0 Å². The third-order valence-electron chi connectivity index (χ3n) is 2.69. The number of halogens is 2. The van der Waals surface area contributed by atoms with Crippen LogP contribution >= 0.6 is 23.2 Å². The molecule has 106 valence electrons. The fourth-order valence-corrected chi connectivity index (χ4v) is 2.46. The van der Waals surface area contributed by atoms with Crippen molar-refractivity contribution in [3.63, 3.8) is 0 Å². The molecule has 20 heavy (non-hydrogen) atoms. The van der Waals surface area contributed by atoms with Crippen LogP contribution in [-0.4, -0.2) is 16.2 Å². The Labute approximate surface area is 128 Å². The summed E-state index contributed by atoms with van der Waals surface area (Å²) >= 11 is 12.2. The van der Waals surface area contributed by atoms with Gasteiger partial charge in [0.25, 0.3) is 0 Å². The Kier molecular flexibility index (Phi) is 4.86. The highest BCUT2D eigenvalue weighted by atomic mass is 35.5. The molecular weight excluding hydrogens is 297 g/mol. The second-order valence-corrected chi connectivity index (χ2v) is 5.47. The molecule has 0 aliphatic carbocycles. The average Bonchev–Trinajstić information content (AvgIpc) is 2.38. The van der Waals surface area contributed by atoms with Gasteiger partial charge in [0.05, 0.1) is 12.3 Å². The average molecular weight is 312 g/mol.